The Morgan fingerprint density at radius 2 is 2.24 bits per heavy atom. The van der Waals surface area contributed by atoms with E-state index in [0.717, 1.165) is 25.8 Å². The summed E-state index contributed by atoms with van der Waals surface area (Å²) < 4.78 is 3.76. The molecule has 5 nitrogen and oxygen atoms in total. The summed E-state index contributed by atoms with van der Waals surface area (Å²) in [5.41, 5.74) is 2.54. The van der Waals surface area contributed by atoms with Crippen molar-refractivity contribution in [1.29, 1.82) is 0 Å². The lowest BCUT2D eigenvalue weighted by atomic mass is 10.0. The minimum Gasteiger partial charge on any atom is -0.321 e. The molecule has 0 radical (unpaired) electrons. The zero-order valence-corrected chi connectivity index (χ0v) is 12.8. The average molecular weight is 302 g/mol. The maximum absolute atomic E-state index is 12.3. The zero-order chi connectivity index (χ0) is 14.7. The highest BCUT2D eigenvalue weighted by atomic mass is 32.1. The van der Waals surface area contributed by atoms with Gasteiger partial charge in [0.1, 0.15) is 5.00 Å². The van der Waals surface area contributed by atoms with E-state index in [0.29, 0.717) is 5.00 Å². The van der Waals surface area contributed by atoms with Gasteiger partial charge in [0.25, 0.3) is 0 Å². The number of rotatable bonds is 3. The number of carbonyl (C=O) groups is 1. The fourth-order valence-electron chi connectivity index (χ4n) is 2.71. The van der Waals surface area contributed by atoms with E-state index in [9.17, 15) is 4.79 Å². The van der Waals surface area contributed by atoms with E-state index in [2.05, 4.69) is 46.1 Å². The Labute approximate surface area is 128 Å². The molecule has 0 bridgehead atoms. The topological polar surface area (TPSA) is 58.1 Å². The first-order valence-electron chi connectivity index (χ1n) is 7.13. The standard InChI is InChI=1S/C15H18N4OS/c1-11-4-6-12(7-5-11)9-13-3-2-8-19(13)15(20)17-14-10-16-18-21-14/h4-7,10,13H,2-3,8-9H2,1H3,(H,17,20). The van der Waals surface area contributed by atoms with Crippen LogP contribution in [0.5, 0.6) is 0 Å². The summed E-state index contributed by atoms with van der Waals surface area (Å²) in [4.78, 5) is 14.3. The van der Waals surface area contributed by atoms with Crippen LogP contribution in [-0.4, -0.2) is 33.1 Å². The third-order valence-electron chi connectivity index (χ3n) is 3.82. The summed E-state index contributed by atoms with van der Waals surface area (Å²) >= 11 is 1.20. The van der Waals surface area contributed by atoms with Gasteiger partial charge in [0.15, 0.2) is 0 Å². The minimum absolute atomic E-state index is 0.0457. The van der Waals surface area contributed by atoms with Crippen molar-refractivity contribution >= 4 is 22.6 Å². The monoisotopic (exact) mass is 302 g/mol. The number of anilines is 1. The molecule has 1 atom stereocenters. The van der Waals surface area contributed by atoms with Crippen molar-refractivity contribution in [2.75, 3.05) is 11.9 Å². The molecule has 1 unspecified atom stereocenters. The van der Waals surface area contributed by atoms with Gasteiger partial charge in [-0.15, -0.1) is 5.10 Å². The average Bonchev–Trinajstić information content (AvgIpc) is 3.13. The van der Waals surface area contributed by atoms with Crippen LogP contribution in [0.25, 0.3) is 0 Å². The third-order valence-corrected chi connectivity index (χ3v) is 4.40. The number of aromatic nitrogens is 2. The Morgan fingerprint density at radius 1 is 1.43 bits per heavy atom. The van der Waals surface area contributed by atoms with Crippen LogP contribution < -0.4 is 5.32 Å². The highest BCUT2D eigenvalue weighted by molar-refractivity contribution is 7.10. The maximum atomic E-state index is 12.3. The smallest absolute Gasteiger partial charge is 0.321 e. The van der Waals surface area contributed by atoms with E-state index in [1.807, 2.05) is 4.90 Å². The van der Waals surface area contributed by atoms with Gasteiger partial charge in [-0.05, 0) is 31.7 Å². The van der Waals surface area contributed by atoms with Crippen LogP contribution in [-0.2, 0) is 6.42 Å². The third kappa shape index (κ3) is 3.39. The van der Waals surface area contributed by atoms with Crippen molar-refractivity contribution in [3.05, 3.63) is 41.6 Å². The van der Waals surface area contributed by atoms with Crippen LogP contribution in [0.4, 0.5) is 9.80 Å². The second-order valence-electron chi connectivity index (χ2n) is 5.39. The Kier molecular flexibility index (Phi) is 4.15. The molecule has 21 heavy (non-hydrogen) atoms. The summed E-state index contributed by atoms with van der Waals surface area (Å²) in [5, 5.41) is 7.30. The van der Waals surface area contributed by atoms with Crippen LogP contribution in [0.3, 0.4) is 0 Å². The summed E-state index contributed by atoms with van der Waals surface area (Å²) in [5.74, 6) is 0. The number of benzene rings is 1. The molecule has 1 aromatic heterocycles. The molecule has 0 saturated carbocycles. The molecule has 2 heterocycles. The molecule has 1 saturated heterocycles. The Morgan fingerprint density at radius 3 is 2.95 bits per heavy atom. The molecular formula is C15H18N4OS. The van der Waals surface area contributed by atoms with Crippen LogP contribution >= 0.6 is 11.5 Å². The fraction of sp³-hybridized carbons (Fsp3) is 0.400. The zero-order valence-electron chi connectivity index (χ0n) is 12.0. The fourth-order valence-corrected chi connectivity index (χ4v) is 3.12. The van der Waals surface area contributed by atoms with Gasteiger partial charge >= 0.3 is 6.03 Å². The van der Waals surface area contributed by atoms with Gasteiger partial charge < -0.3 is 4.90 Å². The molecule has 1 fully saturated rings. The van der Waals surface area contributed by atoms with Gasteiger partial charge in [-0.1, -0.05) is 34.3 Å². The van der Waals surface area contributed by atoms with Crippen LogP contribution in [0.15, 0.2) is 30.5 Å². The number of hydrogen-bond acceptors (Lipinski definition) is 4. The van der Waals surface area contributed by atoms with E-state index in [-0.39, 0.29) is 12.1 Å². The van der Waals surface area contributed by atoms with Crippen LogP contribution in [0, 0.1) is 6.92 Å². The summed E-state index contributed by atoms with van der Waals surface area (Å²) in [7, 11) is 0. The lowest BCUT2D eigenvalue weighted by Crippen LogP contribution is -2.39. The van der Waals surface area contributed by atoms with Crippen molar-refractivity contribution in [1.82, 2.24) is 14.5 Å². The number of aryl methyl sites for hydroxylation is 1. The molecule has 2 aromatic rings. The molecular weight excluding hydrogens is 284 g/mol. The number of nitrogens with one attached hydrogen (secondary N) is 1. The van der Waals surface area contributed by atoms with E-state index in [1.165, 1.54) is 22.7 Å². The largest absolute Gasteiger partial charge is 0.322 e. The van der Waals surface area contributed by atoms with Crippen LogP contribution in [0.2, 0.25) is 0 Å². The number of carbonyl (C=O) groups excluding carboxylic acids is 1. The van der Waals surface area contributed by atoms with Crippen molar-refractivity contribution in [3.63, 3.8) is 0 Å². The van der Waals surface area contributed by atoms with Crippen LogP contribution in [0.1, 0.15) is 24.0 Å². The molecule has 0 spiro atoms. The van der Waals surface area contributed by atoms with Crippen molar-refractivity contribution in [2.24, 2.45) is 0 Å². The molecule has 1 aromatic carbocycles. The van der Waals surface area contributed by atoms with Crippen molar-refractivity contribution in [3.8, 4) is 0 Å². The van der Waals surface area contributed by atoms with Gasteiger partial charge in [-0.2, -0.15) is 0 Å². The molecule has 0 aliphatic carbocycles. The lowest BCUT2D eigenvalue weighted by molar-refractivity contribution is 0.206. The van der Waals surface area contributed by atoms with Gasteiger partial charge in [-0.25, -0.2) is 4.79 Å². The van der Waals surface area contributed by atoms with Crippen molar-refractivity contribution in [2.45, 2.75) is 32.2 Å². The second kappa shape index (κ2) is 6.22. The second-order valence-corrected chi connectivity index (χ2v) is 6.18. The Hall–Kier alpha value is -1.95. The first-order valence-corrected chi connectivity index (χ1v) is 7.90. The van der Waals surface area contributed by atoms with E-state index < -0.39 is 0 Å². The molecule has 1 aliphatic heterocycles. The normalized spacial score (nSPS) is 18.0. The van der Waals surface area contributed by atoms with Gasteiger partial charge in [0, 0.05) is 24.1 Å². The highest BCUT2D eigenvalue weighted by Gasteiger charge is 2.29. The maximum Gasteiger partial charge on any atom is 0.322 e. The summed E-state index contributed by atoms with van der Waals surface area (Å²) in [6.45, 7) is 2.90. The molecule has 1 N–H and O–H groups in total. The SMILES string of the molecule is Cc1ccc(CC2CCCN2C(=O)Nc2cnns2)cc1. The van der Waals surface area contributed by atoms with E-state index in [4.69, 9.17) is 0 Å². The first-order chi connectivity index (χ1) is 10.2. The Balaban J connectivity index is 1.64. The first kappa shape index (κ1) is 14.0. The molecule has 110 valence electrons. The van der Waals surface area contributed by atoms with Gasteiger partial charge in [0.05, 0.1) is 6.20 Å². The predicted molar refractivity (Wildman–Crippen MR) is 83.5 cm³/mol. The Bertz CT molecular complexity index is 597. The summed E-state index contributed by atoms with van der Waals surface area (Å²) in [6, 6.07) is 8.77. The minimum atomic E-state index is -0.0457. The molecule has 3 rings (SSSR count). The van der Waals surface area contributed by atoms with Gasteiger partial charge in [0.2, 0.25) is 0 Å². The highest BCUT2D eigenvalue weighted by Crippen LogP contribution is 2.23. The number of likely N-dealkylation sites (tertiary alicyclic amines) is 1. The molecule has 6 heteroatoms. The number of nitrogens with zero attached hydrogens (tertiary/aromatic N) is 3. The molecule has 2 amide bonds. The van der Waals surface area contributed by atoms with E-state index >= 15 is 0 Å². The quantitative estimate of drug-likeness (QED) is 0.948. The molecule has 1 aliphatic rings. The lowest BCUT2D eigenvalue weighted by Gasteiger charge is -2.24. The number of hydrogen-bond donors (Lipinski definition) is 1. The van der Waals surface area contributed by atoms with Crippen molar-refractivity contribution < 1.29 is 4.79 Å². The number of amides is 2. The van der Waals surface area contributed by atoms with Gasteiger partial charge in [-0.3, -0.25) is 5.32 Å². The van der Waals surface area contributed by atoms with E-state index in [1.54, 1.807) is 6.20 Å². The number of urea groups is 1. The predicted octanol–water partition coefficient (Wildman–Crippen LogP) is 3.09. The summed E-state index contributed by atoms with van der Waals surface area (Å²) in [6.07, 6.45) is 4.61.